The van der Waals surface area contributed by atoms with Crippen LogP contribution >= 0.6 is 0 Å². The largest absolute Gasteiger partial charge is 0.416 e. The highest BCUT2D eigenvalue weighted by Crippen LogP contribution is 2.27. The summed E-state index contributed by atoms with van der Waals surface area (Å²) in [6, 6.07) is 5.32. The molecule has 0 radical (unpaired) electrons. The fourth-order valence-electron chi connectivity index (χ4n) is 1.50. The molecule has 0 atom stereocenters. The normalized spacial score (nSPS) is 10.0. The van der Waals surface area contributed by atoms with Gasteiger partial charge in [-0.1, -0.05) is 5.92 Å². The molecule has 0 saturated heterocycles. The van der Waals surface area contributed by atoms with Gasteiger partial charge in [0, 0.05) is 11.6 Å². The summed E-state index contributed by atoms with van der Waals surface area (Å²) >= 11 is 0. The van der Waals surface area contributed by atoms with Crippen molar-refractivity contribution in [1.29, 1.82) is 0 Å². The molecule has 0 amide bonds. The Kier molecular flexibility index (Phi) is 3.94. The Morgan fingerprint density at radius 1 is 1.00 bits per heavy atom. The molecule has 6 heteroatoms. The number of terminal acetylenes is 1. The third-order valence-corrected chi connectivity index (χ3v) is 2.55. The van der Waals surface area contributed by atoms with Crippen molar-refractivity contribution in [3.05, 3.63) is 64.7 Å². The standard InChI is InChI=1S/C15H6F4O2/c1-2-8-3-5-9(6-4-8)15(20)21-14-12(18)10(16)7-11(17)13(14)19/h1,3-7H. The Morgan fingerprint density at radius 2 is 1.52 bits per heavy atom. The summed E-state index contributed by atoms with van der Waals surface area (Å²) in [4.78, 5) is 11.7. The molecule has 0 bridgehead atoms. The molecule has 2 rings (SSSR count). The summed E-state index contributed by atoms with van der Waals surface area (Å²) < 4.78 is 57.0. The molecule has 0 unspecified atom stereocenters. The lowest BCUT2D eigenvalue weighted by atomic mass is 10.1. The van der Waals surface area contributed by atoms with Gasteiger partial charge in [-0.15, -0.1) is 6.42 Å². The molecule has 21 heavy (non-hydrogen) atoms. The topological polar surface area (TPSA) is 26.3 Å². The van der Waals surface area contributed by atoms with Gasteiger partial charge in [-0.05, 0) is 24.3 Å². The van der Waals surface area contributed by atoms with Gasteiger partial charge in [0.1, 0.15) is 0 Å². The fraction of sp³-hybridized carbons (Fsp3) is 0. The van der Waals surface area contributed by atoms with Crippen molar-refractivity contribution >= 4 is 5.97 Å². The van der Waals surface area contributed by atoms with Gasteiger partial charge in [0.05, 0.1) is 5.56 Å². The molecule has 2 aromatic carbocycles. The summed E-state index contributed by atoms with van der Waals surface area (Å²) in [7, 11) is 0. The minimum Gasteiger partial charge on any atom is -0.416 e. The molecule has 0 aliphatic rings. The van der Waals surface area contributed by atoms with Crippen molar-refractivity contribution in [2.75, 3.05) is 0 Å². The van der Waals surface area contributed by atoms with E-state index < -0.39 is 35.0 Å². The Hall–Kier alpha value is -2.81. The average Bonchev–Trinajstić information content (AvgIpc) is 2.49. The van der Waals surface area contributed by atoms with E-state index in [0.717, 1.165) is 0 Å². The third kappa shape index (κ3) is 2.87. The maximum Gasteiger partial charge on any atom is 0.343 e. The van der Waals surface area contributed by atoms with Gasteiger partial charge in [-0.25, -0.2) is 13.6 Å². The number of rotatable bonds is 2. The van der Waals surface area contributed by atoms with E-state index in [-0.39, 0.29) is 11.6 Å². The van der Waals surface area contributed by atoms with E-state index in [0.29, 0.717) is 5.56 Å². The Bertz CT molecular complexity index is 719. The van der Waals surface area contributed by atoms with Crippen LogP contribution in [-0.4, -0.2) is 5.97 Å². The van der Waals surface area contributed by atoms with Gasteiger partial charge in [-0.3, -0.25) is 0 Å². The number of halogens is 4. The van der Waals surface area contributed by atoms with Crippen LogP contribution < -0.4 is 4.74 Å². The Balaban J connectivity index is 2.33. The van der Waals surface area contributed by atoms with Gasteiger partial charge >= 0.3 is 5.97 Å². The first-order valence-corrected chi connectivity index (χ1v) is 5.56. The number of benzene rings is 2. The van der Waals surface area contributed by atoms with Crippen LogP contribution in [-0.2, 0) is 0 Å². The molecule has 0 spiro atoms. The van der Waals surface area contributed by atoms with Crippen LogP contribution in [0.25, 0.3) is 0 Å². The van der Waals surface area contributed by atoms with Crippen LogP contribution in [0.1, 0.15) is 15.9 Å². The first kappa shape index (κ1) is 14.6. The van der Waals surface area contributed by atoms with Crippen LogP contribution in [0.4, 0.5) is 17.6 Å². The van der Waals surface area contributed by atoms with Gasteiger partial charge in [0.25, 0.3) is 0 Å². The lowest BCUT2D eigenvalue weighted by Crippen LogP contribution is -2.12. The fourth-order valence-corrected chi connectivity index (χ4v) is 1.50. The highest BCUT2D eigenvalue weighted by Gasteiger charge is 2.23. The molecule has 0 heterocycles. The summed E-state index contributed by atoms with van der Waals surface area (Å²) in [6.07, 6.45) is 5.12. The summed E-state index contributed by atoms with van der Waals surface area (Å²) in [5.74, 6) is -7.22. The first-order chi connectivity index (χ1) is 9.93. The predicted molar refractivity (Wildman–Crippen MR) is 65.6 cm³/mol. The molecule has 106 valence electrons. The summed E-state index contributed by atoms with van der Waals surface area (Å²) in [6.45, 7) is 0. The molecule has 2 aromatic rings. The number of hydrogen-bond acceptors (Lipinski definition) is 2. The molecule has 0 fully saturated rings. The second kappa shape index (κ2) is 5.67. The first-order valence-electron chi connectivity index (χ1n) is 5.56. The van der Waals surface area contributed by atoms with Crippen LogP contribution in [0.15, 0.2) is 30.3 Å². The van der Waals surface area contributed by atoms with E-state index in [1.165, 1.54) is 24.3 Å². The predicted octanol–water partition coefficient (Wildman–Crippen LogP) is 3.44. The van der Waals surface area contributed by atoms with Crippen LogP contribution in [0.3, 0.4) is 0 Å². The molecule has 0 aliphatic heterocycles. The molecule has 0 saturated carbocycles. The zero-order chi connectivity index (χ0) is 15.6. The summed E-state index contributed by atoms with van der Waals surface area (Å²) in [5.41, 5.74) is 0.387. The van der Waals surface area contributed by atoms with E-state index in [1.807, 2.05) is 0 Å². The number of carbonyl (C=O) groups is 1. The molecular formula is C15H6F4O2. The molecular weight excluding hydrogens is 288 g/mol. The maximum absolute atomic E-state index is 13.4. The van der Waals surface area contributed by atoms with E-state index in [4.69, 9.17) is 6.42 Å². The zero-order valence-electron chi connectivity index (χ0n) is 10.3. The van der Waals surface area contributed by atoms with Crippen molar-refractivity contribution in [1.82, 2.24) is 0 Å². The second-order valence-corrected chi connectivity index (χ2v) is 3.91. The average molecular weight is 294 g/mol. The van der Waals surface area contributed by atoms with Gasteiger partial charge in [0.15, 0.2) is 11.6 Å². The zero-order valence-corrected chi connectivity index (χ0v) is 10.3. The number of hydrogen-bond donors (Lipinski definition) is 0. The lowest BCUT2D eigenvalue weighted by Gasteiger charge is -2.08. The van der Waals surface area contributed by atoms with Crippen molar-refractivity contribution in [3.63, 3.8) is 0 Å². The lowest BCUT2D eigenvalue weighted by molar-refractivity contribution is 0.0717. The SMILES string of the molecule is C#Cc1ccc(C(=O)Oc2c(F)c(F)cc(F)c2F)cc1. The number of ether oxygens (including phenoxy) is 1. The van der Waals surface area contributed by atoms with E-state index in [9.17, 15) is 22.4 Å². The maximum atomic E-state index is 13.4. The minimum atomic E-state index is -1.79. The third-order valence-electron chi connectivity index (χ3n) is 2.55. The summed E-state index contributed by atoms with van der Waals surface area (Å²) in [5, 5.41) is 0. The van der Waals surface area contributed by atoms with Crippen molar-refractivity contribution in [2.45, 2.75) is 0 Å². The quantitative estimate of drug-likeness (QED) is 0.279. The van der Waals surface area contributed by atoms with Crippen LogP contribution in [0.2, 0.25) is 0 Å². The van der Waals surface area contributed by atoms with Gasteiger partial charge < -0.3 is 4.74 Å². The van der Waals surface area contributed by atoms with Crippen LogP contribution in [0.5, 0.6) is 5.75 Å². The molecule has 0 aromatic heterocycles. The van der Waals surface area contributed by atoms with Crippen molar-refractivity contribution in [3.8, 4) is 18.1 Å². The molecule has 0 N–H and O–H groups in total. The Morgan fingerprint density at radius 3 is 2.00 bits per heavy atom. The van der Waals surface area contributed by atoms with Crippen molar-refractivity contribution < 1.29 is 27.1 Å². The van der Waals surface area contributed by atoms with Crippen molar-refractivity contribution in [2.24, 2.45) is 0 Å². The highest BCUT2D eigenvalue weighted by atomic mass is 19.2. The minimum absolute atomic E-state index is 0.0176. The Labute approximate surface area is 117 Å². The van der Waals surface area contributed by atoms with Gasteiger partial charge in [-0.2, -0.15) is 8.78 Å². The van der Waals surface area contributed by atoms with E-state index in [1.54, 1.807) is 0 Å². The number of esters is 1. The van der Waals surface area contributed by atoms with Crippen LogP contribution in [0, 0.1) is 35.6 Å². The van der Waals surface area contributed by atoms with E-state index in [2.05, 4.69) is 10.7 Å². The number of carbonyl (C=O) groups excluding carboxylic acids is 1. The van der Waals surface area contributed by atoms with E-state index >= 15 is 0 Å². The molecule has 0 aliphatic carbocycles. The molecule has 2 nitrogen and oxygen atoms in total. The second-order valence-electron chi connectivity index (χ2n) is 3.91. The highest BCUT2D eigenvalue weighted by molar-refractivity contribution is 5.91. The van der Waals surface area contributed by atoms with Gasteiger partial charge in [0.2, 0.25) is 17.4 Å². The smallest absolute Gasteiger partial charge is 0.343 e. The monoisotopic (exact) mass is 294 g/mol.